The summed E-state index contributed by atoms with van der Waals surface area (Å²) in [4.78, 5) is 17.4. The van der Waals surface area contributed by atoms with E-state index in [0.717, 1.165) is 35.4 Å². The van der Waals surface area contributed by atoms with E-state index in [1.807, 2.05) is 26.2 Å². The summed E-state index contributed by atoms with van der Waals surface area (Å²) in [5.41, 5.74) is 3.52. The Morgan fingerprint density at radius 1 is 1.08 bits per heavy atom. The van der Waals surface area contributed by atoms with Crippen molar-refractivity contribution in [2.24, 2.45) is 0 Å². The first-order chi connectivity index (χ1) is 12.6. The van der Waals surface area contributed by atoms with Crippen molar-refractivity contribution >= 4 is 28.1 Å². The molecule has 6 heteroatoms. The lowest BCUT2D eigenvalue weighted by Crippen LogP contribution is -2.24. The quantitative estimate of drug-likeness (QED) is 0.709. The van der Waals surface area contributed by atoms with Gasteiger partial charge in [0, 0.05) is 17.6 Å². The summed E-state index contributed by atoms with van der Waals surface area (Å²) >= 11 is 1.62. The summed E-state index contributed by atoms with van der Waals surface area (Å²) in [5, 5.41) is 4.18. The smallest absolute Gasteiger partial charge is 0.188 e. The maximum Gasteiger partial charge on any atom is 0.188 e. The van der Waals surface area contributed by atoms with Crippen LogP contribution in [-0.2, 0) is 0 Å². The molecule has 0 amide bonds. The molecule has 1 fully saturated rings. The lowest BCUT2D eigenvalue weighted by Gasteiger charge is -2.26. The van der Waals surface area contributed by atoms with Gasteiger partial charge in [-0.25, -0.2) is 9.97 Å². The zero-order valence-corrected chi connectivity index (χ0v) is 16.2. The second-order valence-corrected chi connectivity index (χ2v) is 8.06. The first-order valence-corrected chi connectivity index (χ1v) is 9.78. The molecule has 0 radical (unpaired) electrons. The molecule has 3 heterocycles. The van der Waals surface area contributed by atoms with E-state index < -0.39 is 0 Å². The minimum absolute atomic E-state index is 0.363. The maximum absolute atomic E-state index is 4.87. The minimum Gasteiger partial charge on any atom is -0.348 e. The monoisotopic (exact) mass is 365 g/mol. The van der Waals surface area contributed by atoms with Gasteiger partial charge in [0.15, 0.2) is 10.9 Å². The van der Waals surface area contributed by atoms with E-state index in [1.165, 1.54) is 22.4 Å². The van der Waals surface area contributed by atoms with Crippen molar-refractivity contribution in [2.45, 2.75) is 39.7 Å². The fraction of sp³-hybridized carbons (Fsp3) is 0.350. The highest BCUT2D eigenvalue weighted by Gasteiger charge is 2.27. The van der Waals surface area contributed by atoms with Crippen LogP contribution in [0.5, 0.6) is 0 Å². The highest BCUT2D eigenvalue weighted by Crippen LogP contribution is 2.36. The molecule has 1 saturated heterocycles. The summed E-state index contributed by atoms with van der Waals surface area (Å²) in [6, 6.07) is 9.20. The van der Waals surface area contributed by atoms with Crippen LogP contribution in [0.1, 0.15) is 40.6 Å². The minimum atomic E-state index is 0.363. The number of anilines is 3. The summed E-state index contributed by atoms with van der Waals surface area (Å²) in [6.07, 6.45) is 6.07. The first-order valence-electron chi connectivity index (χ1n) is 8.96. The average Bonchev–Trinajstić information content (AvgIpc) is 3.27. The van der Waals surface area contributed by atoms with Crippen molar-refractivity contribution in [1.29, 1.82) is 0 Å². The fourth-order valence-corrected chi connectivity index (χ4v) is 4.05. The Morgan fingerprint density at radius 3 is 2.62 bits per heavy atom. The summed E-state index contributed by atoms with van der Waals surface area (Å²) in [6.45, 7) is 7.15. The molecule has 0 bridgehead atoms. The third-order valence-corrected chi connectivity index (χ3v) is 5.63. The Morgan fingerprint density at radius 2 is 1.88 bits per heavy atom. The van der Waals surface area contributed by atoms with E-state index in [2.05, 4.69) is 51.4 Å². The molecule has 5 nitrogen and oxygen atoms in total. The Labute approximate surface area is 158 Å². The number of hydrogen-bond donors (Lipinski definition) is 1. The molecule has 1 N–H and O–H groups in total. The normalized spacial score (nSPS) is 16.9. The molecule has 1 aliphatic heterocycles. The molecular weight excluding hydrogens is 342 g/mol. The summed E-state index contributed by atoms with van der Waals surface area (Å²) in [5.74, 6) is 1.71. The van der Waals surface area contributed by atoms with Crippen LogP contribution in [0.4, 0.5) is 16.8 Å². The number of nitrogens with one attached hydrogen (secondary N) is 1. The lowest BCUT2D eigenvalue weighted by molar-refractivity contribution is 0.709. The van der Waals surface area contributed by atoms with E-state index in [-0.39, 0.29) is 0 Å². The van der Waals surface area contributed by atoms with Gasteiger partial charge in [0.05, 0.1) is 17.9 Å². The predicted octanol–water partition coefficient (Wildman–Crippen LogP) is 4.94. The van der Waals surface area contributed by atoms with Crippen LogP contribution < -0.4 is 10.2 Å². The molecular formula is C20H23N5S. The van der Waals surface area contributed by atoms with Gasteiger partial charge < -0.3 is 10.2 Å². The van der Waals surface area contributed by atoms with Crippen molar-refractivity contribution in [3.63, 3.8) is 0 Å². The number of aryl methyl sites for hydroxylation is 3. The molecule has 3 aromatic rings. The third-order valence-electron chi connectivity index (χ3n) is 4.80. The molecule has 0 saturated carbocycles. The zero-order chi connectivity index (χ0) is 18.1. The van der Waals surface area contributed by atoms with Crippen LogP contribution in [0, 0.1) is 20.8 Å². The summed E-state index contributed by atoms with van der Waals surface area (Å²) in [7, 11) is 0. The largest absolute Gasteiger partial charge is 0.348 e. The number of thiazole rings is 1. The lowest BCUT2D eigenvalue weighted by atomic mass is 10.0. The maximum atomic E-state index is 4.87. The highest BCUT2D eigenvalue weighted by molar-refractivity contribution is 7.15. The Kier molecular flexibility index (Phi) is 4.59. The van der Waals surface area contributed by atoms with E-state index >= 15 is 0 Å². The van der Waals surface area contributed by atoms with Gasteiger partial charge in [-0.15, -0.1) is 11.3 Å². The van der Waals surface area contributed by atoms with Crippen LogP contribution in [0.2, 0.25) is 0 Å². The molecule has 1 aliphatic rings. The number of hydrogen-bond acceptors (Lipinski definition) is 6. The van der Waals surface area contributed by atoms with E-state index in [1.54, 1.807) is 11.3 Å². The molecule has 1 aromatic carbocycles. The van der Waals surface area contributed by atoms with E-state index in [0.29, 0.717) is 6.04 Å². The van der Waals surface area contributed by atoms with Gasteiger partial charge in [-0.2, -0.15) is 0 Å². The SMILES string of the molecule is Cc1ccc(C2CCCN2c2cnc(C)c(Nc3ncc(C)s3)n2)cc1. The Balaban J connectivity index is 1.62. The second kappa shape index (κ2) is 7.03. The summed E-state index contributed by atoms with van der Waals surface area (Å²) < 4.78 is 0. The van der Waals surface area contributed by atoms with Crippen molar-refractivity contribution in [3.05, 3.63) is 58.4 Å². The van der Waals surface area contributed by atoms with Gasteiger partial charge in [-0.05, 0) is 39.2 Å². The van der Waals surface area contributed by atoms with Crippen LogP contribution in [-0.4, -0.2) is 21.5 Å². The van der Waals surface area contributed by atoms with Crippen molar-refractivity contribution < 1.29 is 0 Å². The molecule has 4 rings (SSSR count). The molecule has 1 unspecified atom stereocenters. The second-order valence-electron chi connectivity index (χ2n) is 6.83. The van der Waals surface area contributed by atoms with Crippen molar-refractivity contribution in [2.75, 3.05) is 16.8 Å². The third kappa shape index (κ3) is 3.42. The molecule has 26 heavy (non-hydrogen) atoms. The van der Waals surface area contributed by atoms with Crippen molar-refractivity contribution in [1.82, 2.24) is 15.0 Å². The predicted molar refractivity (Wildman–Crippen MR) is 107 cm³/mol. The number of rotatable bonds is 4. The van der Waals surface area contributed by atoms with Crippen LogP contribution in [0.25, 0.3) is 0 Å². The van der Waals surface area contributed by atoms with Gasteiger partial charge in [-0.1, -0.05) is 29.8 Å². The number of aromatic nitrogens is 3. The molecule has 0 spiro atoms. The van der Waals surface area contributed by atoms with E-state index in [9.17, 15) is 0 Å². The molecule has 0 aliphatic carbocycles. The van der Waals surface area contributed by atoms with Crippen molar-refractivity contribution in [3.8, 4) is 0 Å². The standard InChI is InChI=1S/C20H23N5S/c1-13-6-8-16(9-7-13)17-5-4-10-25(17)18-12-21-15(3)19(23-18)24-20-22-11-14(2)26-20/h6-9,11-12,17H,4-5,10H2,1-3H3,(H,22,23,24). The van der Waals surface area contributed by atoms with Crippen LogP contribution in [0.15, 0.2) is 36.7 Å². The number of benzene rings is 1. The average molecular weight is 366 g/mol. The van der Waals surface area contributed by atoms with Gasteiger partial charge in [0.25, 0.3) is 0 Å². The topological polar surface area (TPSA) is 53.9 Å². The van der Waals surface area contributed by atoms with Gasteiger partial charge in [0.2, 0.25) is 0 Å². The molecule has 1 atom stereocenters. The van der Waals surface area contributed by atoms with Gasteiger partial charge in [-0.3, -0.25) is 4.98 Å². The number of nitrogens with zero attached hydrogens (tertiary/aromatic N) is 4. The van der Waals surface area contributed by atoms with Gasteiger partial charge >= 0.3 is 0 Å². The van der Waals surface area contributed by atoms with Gasteiger partial charge in [0.1, 0.15) is 5.82 Å². The van der Waals surface area contributed by atoms with Crippen LogP contribution >= 0.6 is 11.3 Å². The Bertz CT molecular complexity index is 903. The fourth-order valence-electron chi connectivity index (χ4n) is 3.39. The molecule has 2 aromatic heterocycles. The highest BCUT2D eigenvalue weighted by atomic mass is 32.1. The zero-order valence-electron chi connectivity index (χ0n) is 15.4. The van der Waals surface area contributed by atoms with Crippen LogP contribution in [0.3, 0.4) is 0 Å². The van der Waals surface area contributed by atoms with E-state index in [4.69, 9.17) is 4.98 Å². The Hall–Kier alpha value is -2.47. The molecule has 134 valence electrons. The first kappa shape index (κ1) is 17.0.